The number of amides is 1. The SMILES string of the molecule is CCC(=O)Nc1cc(Nc2cc(NC3CC3)n3ncc(C#N)c3c2)ccc1C. The fourth-order valence-corrected chi connectivity index (χ4v) is 3.02. The topological polar surface area (TPSA) is 94.2 Å². The van der Waals surface area contributed by atoms with Crippen LogP contribution < -0.4 is 16.0 Å². The third-order valence-electron chi connectivity index (χ3n) is 4.79. The number of nitrogens with one attached hydrogen (secondary N) is 3. The molecule has 7 heteroatoms. The number of nitriles is 1. The number of carbonyl (C=O) groups is 1. The summed E-state index contributed by atoms with van der Waals surface area (Å²) in [4.78, 5) is 11.8. The Morgan fingerprint density at radius 2 is 2.11 bits per heavy atom. The van der Waals surface area contributed by atoms with Gasteiger partial charge in [0.05, 0.1) is 17.3 Å². The van der Waals surface area contributed by atoms with Gasteiger partial charge in [0, 0.05) is 35.6 Å². The van der Waals surface area contributed by atoms with E-state index in [-0.39, 0.29) is 5.91 Å². The maximum Gasteiger partial charge on any atom is 0.224 e. The number of rotatable bonds is 6. The smallest absolute Gasteiger partial charge is 0.224 e. The molecule has 0 unspecified atom stereocenters. The lowest BCUT2D eigenvalue weighted by molar-refractivity contribution is -0.115. The lowest BCUT2D eigenvalue weighted by Crippen LogP contribution is -2.10. The fourth-order valence-electron chi connectivity index (χ4n) is 3.02. The van der Waals surface area contributed by atoms with Crippen molar-refractivity contribution in [3.63, 3.8) is 0 Å². The first-order valence-electron chi connectivity index (χ1n) is 9.43. The van der Waals surface area contributed by atoms with E-state index in [1.807, 2.05) is 44.2 Å². The van der Waals surface area contributed by atoms with Crippen LogP contribution in [0.25, 0.3) is 5.52 Å². The normalized spacial score (nSPS) is 13.2. The summed E-state index contributed by atoms with van der Waals surface area (Å²) in [6.45, 7) is 3.79. The van der Waals surface area contributed by atoms with E-state index in [0.717, 1.165) is 46.8 Å². The second-order valence-corrected chi connectivity index (χ2v) is 7.07. The molecule has 2 heterocycles. The standard InChI is InChI=1S/C21H22N6O/c1-3-21(28)26-18-8-16(5-4-13(18)2)24-17-9-19-14(11-22)12-23-27(19)20(10-17)25-15-6-7-15/h4-5,8-10,12,15,24-25H,3,6-7H2,1-2H3,(H,26,28). The molecule has 0 aliphatic heterocycles. The van der Waals surface area contributed by atoms with Crippen molar-refractivity contribution in [2.45, 2.75) is 39.2 Å². The zero-order valence-corrected chi connectivity index (χ0v) is 15.9. The van der Waals surface area contributed by atoms with Gasteiger partial charge in [0.1, 0.15) is 11.9 Å². The van der Waals surface area contributed by atoms with Crippen LogP contribution in [0.3, 0.4) is 0 Å². The molecule has 7 nitrogen and oxygen atoms in total. The number of hydrogen-bond donors (Lipinski definition) is 3. The van der Waals surface area contributed by atoms with Gasteiger partial charge in [-0.1, -0.05) is 13.0 Å². The number of anilines is 4. The third kappa shape index (κ3) is 3.62. The molecule has 1 aromatic carbocycles. The van der Waals surface area contributed by atoms with Gasteiger partial charge in [0.15, 0.2) is 0 Å². The molecule has 1 fully saturated rings. The van der Waals surface area contributed by atoms with Crippen LogP contribution in [0.5, 0.6) is 0 Å². The predicted molar refractivity (Wildman–Crippen MR) is 110 cm³/mol. The molecule has 0 bridgehead atoms. The highest BCUT2D eigenvalue weighted by atomic mass is 16.1. The van der Waals surface area contributed by atoms with Crippen molar-refractivity contribution in [1.29, 1.82) is 5.26 Å². The van der Waals surface area contributed by atoms with Gasteiger partial charge in [-0.3, -0.25) is 4.79 Å². The number of aryl methyl sites for hydroxylation is 1. The molecule has 1 amide bonds. The molecule has 0 spiro atoms. The first-order valence-corrected chi connectivity index (χ1v) is 9.43. The first kappa shape index (κ1) is 17.9. The average Bonchev–Trinajstić information content (AvgIpc) is 3.40. The Morgan fingerprint density at radius 1 is 1.29 bits per heavy atom. The van der Waals surface area contributed by atoms with Gasteiger partial charge in [-0.2, -0.15) is 10.4 Å². The van der Waals surface area contributed by atoms with Crippen LogP contribution in [0.1, 0.15) is 37.3 Å². The Balaban J connectivity index is 1.68. The van der Waals surface area contributed by atoms with Crippen molar-refractivity contribution in [2.75, 3.05) is 16.0 Å². The highest BCUT2D eigenvalue weighted by Crippen LogP contribution is 2.30. The van der Waals surface area contributed by atoms with E-state index in [2.05, 4.69) is 27.1 Å². The number of benzene rings is 1. The number of hydrogen-bond acceptors (Lipinski definition) is 5. The molecule has 3 aromatic rings. The third-order valence-corrected chi connectivity index (χ3v) is 4.79. The van der Waals surface area contributed by atoms with Gasteiger partial charge in [-0.25, -0.2) is 4.52 Å². The minimum atomic E-state index is -0.0180. The van der Waals surface area contributed by atoms with Gasteiger partial charge in [0.25, 0.3) is 0 Å². The quantitative estimate of drug-likeness (QED) is 0.602. The van der Waals surface area contributed by atoms with Crippen molar-refractivity contribution in [2.24, 2.45) is 0 Å². The van der Waals surface area contributed by atoms with Crippen LogP contribution in [0.4, 0.5) is 22.9 Å². The Hall–Kier alpha value is -3.53. The predicted octanol–water partition coefficient (Wildman–Crippen LogP) is 4.18. The Labute approximate surface area is 163 Å². The maximum absolute atomic E-state index is 11.8. The van der Waals surface area contributed by atoms with Crippen molar-refractivity contribution in [3.05, 3.63) is 47.7 Å². The van der Waals surface area contributed by atoms with E-state index in [0.29, 0.717) is 18.0 Å². The van der Waals surface area contributed by atoms with E-state index in [9.17, 15) is 10.1 Å². The summed E-state index contributed by atoms with van der Waals surface area (Å²) >= 11 is 0. The summed E-state index contributed by atoms with van der Waals surface area (Å²) in [5.74, 6) is 0.839. The number of nitrogens with zero attached hydrogens (tertiary/aromatic N) is 3. The van der Waals surface area contributed by atoms with E-state index < -0.39 is 0 Å². The highest BCUT2D eigenvalue weighted by Gasteiger charge is 2.22. The van der Waals surface area contributed by atoms with Gasteiger partial charge in [-0.15, -0.1) is 0 Å². The van der Waals surface area contributed by atoms with Crippen LogP contribution in [-0.4, -0.2) is 21.6 Å². The summed E-state index contributed by atoms with van der Waals surface area (Å²) < 4.78 is 1.77. The van der Waals surface area contributed by atoms with Gasteiger partial charge >= 0.3 is 0 Å². The van der Waals surface area contributed by atoms with Crippen molar-refractivity contribution >= 4 is 34.3 Å². The molecule has 0 saturated heterocycles. The molecular weight excluding hydrogens is 352 g/mol. The molecule has 28 heavy (non-hydrogen) atoms. The van der Waals surface area contributed by atoms with Crippen LogP contribution >= 0.6 is 0 Å². The van der Waals surface area contributed by atoms with E-state index in [1.165, 1.54) is 0 Å². The number of aromatic nitrogens is 2. The second kappa shape index (κ2) is 7.24. The van der Waals surface area contributed by atoms with E-state index >= 15 is 0 Å². The molecule has 142 valence electrons. The molecule has 0 atom stereocenters. The lowest BCUT2D eigenvalue weighted by atomic mass is 10.1. The molecule has 1 aliphatic rings. The number of fused-ring (bicyclic) bond motifs is 1. The largest absolute Gasteiger partial charge is 0.367 e. The van der Waals surface area contributed by atoms with Gasteiger partial charge < -0.3 is 16.0 Å². The summed E-state index contributed by atoms with van der Waals surface area (Å²) in [5.41, 5.74) is 4.78. The maximum atomic E-state index is 11.8. The molecule has 0 radical (unpaired) electrons. The van der Waals surface area contributed by atoms with E-state index in [1.54, 1.807) is 10.7 Å². The van der Waals surface area contributed by atoms with Crippen molar-refractivity contribution in [1.82, 2.24) is 9.61 Å². The van der Waals surface area contributed by atoms with Crippen LogP contribution in [0.2, 0.25) is 0 Å². The average molecular weight is 374 g/mol. The van der Waals surface area contributed by atoms with E-state index in [4.69, 9.17) is 0 Å². The molecule has 3 N–H and O–H groups in total. The zero-order chi connectivity index (χ0) is 19.7. The summed E-state index contributed by atoms with van der Waals surface area (Å²) in [7, 11) is 0. The zero-order valence-electron chi connectivity index (χ0n) is 15.9. The minimum absolute atomic E-state index is 0.0180. The summed E-state index contributed by atoms with van der Waals surface area (Å²) in [6.07, 6.45) is 4.30. The van der Waals surface area contributed by atoms with Crippen LogP contribution in [-0.2, 0) is 4.79 Å². The Morgan fingerprint density at radius 3 is 2.82 bits per heavy atom. The van der Waals surface area contributed by atoms with Crippen molar-refractivity contribution in [3.8, 4) is 6.07 Å². The molecule has 1 saturated carbocycles. The second-order valence-electron chi connectivity index (χ2n) is 7.07. The molecule has 2 aromatic heterocycles. The first-order chi connectivity index (χ1) is 13.6. The lowest BCUT2D eigenvalue weighted by Gasteiger charge is -2.14. The Kier molecular flexibility index (Phi) is 4.62. The fraction of sp³-hybridized carbons (Fsp3) is 0.286. The summed E-state index contributed by atoms with van der Waals surface area (Å²) in [5, 5.41) is 23.5. The Bertz CT molecular complexity index is 1090. The van der Waals surface area contributed by atoms with Gasteiger partial charge in [0.2, 0.25) is 5.91 Å². The monoisotopic (exact) mass is 374 g/mol. The molecular formula is C21H22N6O. The molecule has 1 aliphatic carbocycles. The van der Waals surface area contributed by atoms with Crippen LogP contribution in [0, 0.1) is 18.3 Å². The number of carbonyl (C=O) groups excluding carboxylic acids is 1. The van der Waals surface area contributed by atoms with Gasteiger partial charge in [-0.05, 0) is 43.5 Å². The minimum Gasteiger partial charge on any atom is -0.367 e. The summed E-state index contributed by atoms with van der Waals surface area (Å²) in [6, 6.07) is 12.4. The number of pyridine rings is 1. The van der Waals surface area contributed by atoms with Crippen LogP contribution in [0.15, 0.2) is 36.5 Å². The van der Waals surface area contributed by atoms with Crippen molar-refractivity contribution < 1.29 is 4.79 Å². The highest BCUT2D eigenvalue weighted by molar-refractivity contribution is 5.92. The molecule has 4 rings (SSSR count).